The van der Waals surface area contributed by atoms with Gasteiger partial charge >= 0.3 is 0 Å². The SMILES string of the molecule is C[C@H]1C[C@@H](Cn2ccc3cc(-c4cn[nH]c4)cnc32)CN1C(=O)c1ccc(F)cc1. The molecule has 1 saturated heterocycles. The highest BCUT2D eigenvalue weighted by Crippen LogP contribution is 2.28. The molecule has 1 amide bonds. The van der Waals surface area contributed by atoms with Crippen LogP contribution in [-0.4, -0.2) is 43.1 Å². The van der Waals surface area contributed by atoms with Crippen molar-refractivity contribution in [3.63, 3.8) is 0 Å². The van der Waals surface area contributed by atoms with Crippen LogP contribution in [0.2, 0.25) is 0 Å². The molecule has 4 aromatic rings. The van der Waals surface area contributed by atoms with E-state index in [1.165, 1.54) is 12.1 Å². The number of H-pyrrole nitrogens is 1. The van der Waals surface area contributed by atoms with Gasteiger partial charge in [-0.2, -0.15) is 5.10 Å². The van der Waals surface area contributed by atoms with Crippen LogP contribution in [0.25, 0.3) is 22.2 Å². The van der Waals surface area contributed by atoms with E-state index in [4.69, 9.17) is 0 Å². The number of benzene rings is 1. The first kappa shape index (κ1) is 18.5. The average Bonchev–Trinajstić information content (AvgIpc) is 3.49. The Balaban J connectivity index is 1.32. The highest BCUT2D eigenvalue weighted by Gasteiger charge is 2.33. The summed E-state index contributed by atoms with van der Waals surface area (Å²) in [4.78, 5) is 19.4. The van der Waals surface area contributed by atoms with E-state index in [0.29, 0.717) is 18.0 Å². The molecule has 30 heavy (non-hydrogen) atoms. The lowest BCUT2D eigenvalue weighted by molar-refractivity contribution is 0.0742. The van der Waals surface area contributed by atoms with Gasteiger partial charge in [0.15, 0.2) is 0 Å². The number of hydrogen-bond donors (Lipinski definition) is 1. The third kappa shape index (κ3) is 3.36. The number of carbonyl (C=O) groups is 1. The van der Waals surface area contributed by atoms with Crippen molar-refractivity contribution in [1.29, 1.82) is 0 Å². The number of hydrogen-bond acceptors (Lipinski definition) is 3. The van der Waals surface area contributed by atoms with Gasteiger partial charge in [0.2, 0.25) is 0 Å². The summed E-state index contributed by atoms with van der Waals surface area (Å²) in [5.41, 5.74) is 3.51. The fraction of sp³-hybridized carbons (Fsp3) is 0.261. The Labute approximate surface area is 173 Å². The maximum absolute atomic E-state index is 13.2. The zero-order valence-corrected chi connectivity index (χ0v) is 16.6. The molecule has 0 radical (unpaired) electrons. The van der Waals surface area contributed by atoms with Gasteiger partial charge in [0, 0.05) is 59.8 Å². The predicted molar refractivity (Wildman–Crippen MR) is 112 cm³/mol. The molecule has 0 saturated carbocycles. The van der Waals surface area contributed by atoms with E-state index < -0.39 is 0 Å². The molecule has 0 unspecified atom stereocenters. The first-order valence-corrected chi connectivity index (χ1v) is 10.1. The van der Waals surface area contributed by atoms with Crippen LogP contribution >= 0.6 is 0 Å². The van der Waals surface area contributed by atoms with Gasteiger partial charge in [0.25, 0.3) is 5.91 Å². The number of halogens is 1. The molecule has 1 fully saturated rings. The second kappa shape index (κ2) is 7.40. The van der Waals surface area contributed by atoms with Gasteiger partial charge in [-0.15, -0.1) is 0 Å². The van der Waals surface area contributed by atoms with E-state index in [-0.39, 0.29) is 17.8 Å². The average molecular weight is 403 g/mol. The van der Waals surface area contributed by atoms with E-state index in [1.54, 1.807) is 18.3 Å². The summed E-state index contributed by atoms with van der Waals surface area (Å²) in [6.07, 6.45) is 8.50. The van der Waals surface area contributed by atoms with E-state index in [2.05, 4.69) is 45.0 Å². The minimum Gasteiger partial charge on any atom is -0.336 e. The van der Waals surface area contributed by atoms with Crippen LogP contribution in [0.15, 0.2) is 61.2 Å². The molecule has 0 spiro atoms. The lowest BCUT2D eigenvalue weighted by Crippen LogP contribution is -2.34. The second-order valence-electron chi connectivity index (χ2n) is 8.01. The molecule has 3 aromatic heterocycles. The van der Waals surface area contributed by atoms with Gasteiger partial charge < -0.3 is 9.47 Å². The molecule has 1 aromatic carbocycles. The van der Waals surface area contributed by atoms with Crippen LogP contribution in [0.5, 0.6) is 0 Å². The first-order valence-electron chi connectivity index (χ1n) is 10.1. The van der Waals surface area contributed by atoms with Crippen molar-refractivity contribution >= 4 is 16.9 Å². The molecule has 1 aliphatic rings. The summed E-state index contributed by atoms with van der Waals surface area (Å²) < 4.78 is 15.3. The topological polar surface area (TPSA) is 66.8 Å². The normalized spacial score (nSPS) is 18.9. The van der Waals surface area contributed by atoms with E-state index in [1.807, 2.05) is 17.3 Å². The van der Waals surface area contributed by atoms with E-state index in [9.17, 15) is 9.18 Å². The Morgan fingerprint density at radius 1 is 1.20 bits per heavy atom. The Morgan fingerprint density at radius 3 is 2.80 bits per heavy atom. The monoisotopic (exact) mass is 403 g/mol. The van der Waals surface area contributed by atoms with Gasteiger partial charge in [-0.25, -0.2) is 9.37 Å². The van der Waals surface area contributed by atoms with Crippen molar-refractivity contribution in [1.82, 2.24) is 24.6 Å². The largest absolute Gasteiger partial charge is 0.336 e. The summed E-state index contributed by atoms with van der Waals surface area (Å²) in [5, 5.41) is 7.91. The molecule has 0 aliphatic carbocycles. The predicted octanol–water partition coefficient (Wildman–Crippen LogP) is 4.12. The molecule has 0 bridgehead atoms. The number of aromatic nitrogens is 4. The van der Waals surface area contributed by atoms with Gasteiger partial charge in [0.05, 0.1) is 6.20 Å². The number of rotatable bonds is 4. The van der Waals surface area contributed by atoms with Crippen LogP contribution < -0.4 is 0 Å². The maximum Gasteiger partial charge on any atom is 0.254 e. The van der Waals surface area contributed by atoms with Crippen LogP contribution in [0, 0.1) is 11.7 Å². The van der Waals surface area contributed by atoms with Crippen LogP contribution in [0.3, 0.4) is 0 Å². The Hall–Kier alpha value is -3.48. The minimum atomic E-state index is -0.332. The number of amides is 1. The Morgan fingerprint density at radius 2 is 2.03 bits per heavy atom. The smallest absolute Gasteiger partial charge is 0.254 e. The Bertz CT molecular complexity index is 1180. The molecule has 1 N–H and O–H groups in total. The number of pyridine rings is 1. The zero-order chi connectivity index (χ0) is 20.7. The molecule has 7 heteroatoms. The third-order valence-corrected chi connectivity index (χ3v) is 5.90. The summed E-state index contributed by atoms with van der Waals surface area (Å²) in [6.45, 7) is 3.56. The third-order valence-electron chi connectivity index (χ3n) is 5.90. The number of likely N-dealkylation sites (tertiary alicyclic amines) is 1. The van der Waals surface area contributed by atoms with Gasteiger partial charge in [0.1, 0.15) is 11.5 Å². The van der Waals surface area contributed by atoms with E-state index in [0.717, 1.165) is 35.1 Å². The fourth-order valence-corrected chi connectivity index (χ4v) is 4.39. The van der Waals surface area contributed by atoms with Crippen molar-refractivity contribution in [2.45, 2.75) is 25.9 Å². The minimum absolute atomic E-state index is 0.0368. The first-order chi connectivity index (χ1) is 14.6. The van der Waals surface area contributed by atoms with E-state index >= 15 is 0 Å². The van der Waals surface area contributed by atoms with Crippen LogP contribution in [-0.2, 0) is 6.54 Å². The van der Waals surface area contributed by atoms with Crippen molar-refractivity contribution in [3.05, 3.63) is 72.6 Å². The van der Waals surface area contributed by atoms with Crippen LogP contribution in [0.4, 0.5) is 4.39 Å². The molecule has 152 valence electrons. The number of fused-ring (bicyclic) bond motifs is 1. The second-order valence-corrected chi connectivity index (χ2v) is 8.01. The summed E-state index contributed by atoms with van der Waals surface area (Å²) in [7, 11) is 0. The van der Waals surface area contributed by atoms with Crippen molar-refractivity contribution in [2.75, 3.05) is 6.54 Å². The van der Waals surface area contributed by atoms with Crippen molar-refractivity contribution < 1.29 is 9.18 Å². The number of nitrogens with one attached hydrogen (secondary N) is 1. The maximum atomic E-state index is 13.2. The fourth-order valence-electron chi connectivity index (χ4n) is 4.39. The summed E-state index contributed by atoms with van der Waals surface area (Å²) in [6, 6.07) is 10.1. The number of carbonyl (C=O) groups excluding carboxylic acids is 1. The van der Waals surface area contributed by atoms with Crippen LogP contribution in [0.1, 0.15) is 23.7 Å². The Kier molecular flexibility index (Phi) is 4.58. The molecule has 4 heterocycles. The molecular formula is C23H22FN5O. The quantitative estimate of drug-likeness (QED) is 0.557. The van der Waals surface area contributed by atoms with Gasteiger partial charge in [-0.1, -0.05) is 0 Å². The standard InChI is InChI=1S/C23H22FN5O/c1-15-8-16(14-29(15)23(30)17-2-4-21(24)5-3-17)13-28-7-6-18-9-19(10-25-22(18)28)20-11-26-27-12-20/h2-7,9-12,15-16H,8,13-14H2,1H3,(H,26,27)/t15-,16-/m0/s1. The molecular weight excluding hydrogens is 381 g/mol. The summed E-state index contributed by atoms with van der Waals surface area (Å²) in [5.74, 6) is -0.0256. The number of aromatic amines is 1. The molecule has 5 rings (SSSR count). The highest BCUT2D eigenvalue weighted by molar-refractivity contribution is 5.94. The lowest BCUT2D eigenvalue weighted by Gasteiger charge is -2.21. The van der Waals surface area contributed by atoms with Crippen molar-refractivity contribution in [3.8, 4) is 11.1 Å². The van der Waals surface area contributed by atoms with Gasteiger partial charge in [-0.3, -0.25) is 9.89 Å². The molecule has 2 atom stereocenters. The number of nitrogens with zero attached hydrogens (tertiary/aromatic N) is 4. The molecule has 1 aliphatic heterocycles. The van der Waals surface area contributed by atoms with Crippen molar-refractivity contribution in [2.24, 2.45) is 5.92 Å². The zero-order valence-electron chi connectivity index (χ0n) is 16.6. The molecule has 6 nitrogen and oxygen atoms in total. The highest BCUT2D eigenvalue weighted by atomic mass is 19.1. The summed E-state index contributed by atoms with van der Waals surface area (Å²) >= 11 is 0. The van der Waals surface area contributed by atoms with Gasteiger partial charge in [-0.05, 0) is 55.7 Å². The lowest BCUT2D eigenvalue weighted by atomic mass is 10.1.